The number of hydrogen-bond donors (Lipinski definition) is 1. The highest BCUT2D eigenvalue weighted by Crippen LogP contribution is 2.36. The smallest absolute Gasteiger partial charge is 0.142 e. The molecule has 0 spiro atoms. The Balaban J connectivity index is 2.28. The number of fused-ring (bicyclic) bond motifs is 3. The second-order valence-corrected chi connectivity index (χ2v) is 5.38. The topological polar surface area (TPSA) is 15.8 Å². The molecule has 76 valence electrons. The Morgan fingerprint density at radius 1 is 1.20 bits per heavy atom. The van der Waals surface area contributed by atoms with Gasteiger partial charge in [-0.25, -0.2) is 0 Å². The van der Waals surface area contributed by atoms with E-state index in [0.29, 0.717) is 6.42 Å². The van der Waals surface area contributed by atoms with Crippen molar-refractivity contribution in [3.63, 3.8) is 0 Å². The number of para-hydroxylation sites is 1. The van der Waals surface area contributed by atoms with Crippen LogP contribution in [0.4, 0.5) is 0 Å². The summed E-state index contributed by atoms with van der Waals surface area (Å²) in [5.41, 5.74) is 3.46. The zero-order valence-electron chi connectivity index (χ0n) is 7.93. The van der Waals surface area contributed by atoms with Crippen LogP contribution in [0.5, 0.6) is 0 Å². The minimum atomic E-state index is -0.770. The third kappa shape index (κ3) is 1.47. The highest BCUT2D eigenvalue weighted by molar-refractivity contribution is 6.50. The lowest BCUT2D eigenvalue weighted by Crippen LogP contribution is -2.16. The minimum Gasteiger partial charge on any atom is -0.358 e. The number of aromatic nitrogens is 1. The molecule has 0 fully saturated rings. The standard InChI is InChI=1S/C12H9Cl2N/c13-12(14)6-5-9-8-3-1-2-4-10(8)15-11(9)7-12/h1-6,15H,7H2. The summed E-state index contributed by atoms with van der Waals surface area (Å²) in [7, 11) is 0. The summed E-state index contributed by atoms with van der Waals surface area (Å²) < 4.78 is -0.770. The summed E-state index contributed by atoms with van der Waals surface area (Å²) in [4.78, 5) is 3.35. The van der Waals surface area contributed by atoms with Gasteiger partial charge in [-0.05, 0) is 12.1 Å². The highest BCUT2D eigenvalue weighted by Gasteiger charge is 2.27. The Morgan fingerprint density at radius 3 is 2.87 bits per heavy atom. The van der Waals surface area contributed by atoms with Crippen molar-refractivity contribution >= 4 is 40.2 Å². The van der Waals surface area contributed by atoms with Crippen LogP contribution in [-0.4, -0.2) is 9.32 Å². The van der Waals surface area contributed by atoms with E-state index in [-0.39, 0.29) is 0 Å². The van der Waals surface area contributed by atoms with Gasteiger partial charge < -0.3 is 4.98 Å². The number of allylic oxidation sites excluding steroid dienone is 1. The zero-order valence-corrected chi connectivity index (χ0v) is 9.44. The Kier molecular flexibility index (Phi) is 1.88. The first-order valence-electron chi connectivity index (χ1n) is 4.82. The third-order valence-electron chi connectivity index (χ3n) is 2.73. The molecular weight excluding hydrogens is 229 g/mol. The molecule has 0 saturated heterocycles. The Bertz CT molecular complexity index is 552. The summed E-state index contributed by atoms with van der Waals surface area (Å²) in [6.45, 7) is 0. The Morgan fingerprint density at radius 2 is 2.00 bits per heavy atom. The average molecular weight is 238 g/mol. The molecule has 15 heavy (non-hydrogen) atoms. The van der Waals surface area contributed by atoms with E-state index in [2.05, 4.69) is 17.1 Å². The van der Waals surface area contributed by atoms with E-state index in [1.807, 2.05) is 24.3 Å². The summed E-state index contributed by atoms with van der Waals surface area (Å²) >= 11 is 12.2. The maximum atomic E-state index is 6.09. The van der Waals surface area contributed by atoms with Gasteiger partial charge in [-0.15, -0.1) is 0 Å². The van der Waals surface area contributed by atoms with E-state index in [1.165, 1.54) is 10.9 Å². The lowest BCUT2D eigenvalue weighted by molar-refractivity contribution is 0.895. The first kappa shape index (κ1) is 9.32. The van der Waals surface area contributed by atoms with Crippen LogP contribution >= 0.6 is 23.2 Å². The molecule has 0 radical (unpaired) electrons. The van der Waals surface area contributed by atoms with Crippen molar-refractivity contribution in [3.8, 4) is 0 Å². The number of alkyl halides is 2. The molecule has 0 atom stereocenters. The van der Waals surface area contributed by atoms with Crippen molar-refractivity contribution in [2.45, 2.75) is 10.8 Å². The molecule has 1 nitrogen and oxygen atoms in total. The maximum absolute atomic E-state index is 6.09. The molecule has 1 N–H and O–H groups in total. The number of H-pyrrole nitrogens is 1. The van der Waals surface area contributed by atoms with Gasteiger partial charge in [-0.1, -0.05) is 47.5 Å². The molecule has 3 heteroatoms. The van der Waals surface area contributed by atoms with Gasteiger partial charge in [0, 0.05) is 28.6 Å². The van der Waals surface area contributed by atoms with Gasteiger partial charge in [0.05, 0.1) is 0 Å². The second kappa shape index (κ2) is 3.03. The monoisotopic (exact) mass is 237 g/mol. The second-order valence-electron chi connectivity index (χ2n) is 3.83. The zero-order chi connectivity index (χ0) is 10.5. The van der Waals surface area contributed by atoms with Crippen LogP contribution in [0.1, 0.15) is 11.3 Å². The fourth-order valence-corrected chi connectivity index (χ4v) is 2.44. The summed E-state index contributed by atoms with van der Waals surface area (Å²) in [6.07, 6.45) is 4.48. The summed E-state index contributed by atoms with van der Waals surface area (Å²) in [5, 5.41) is 1.23. The van der Waals surface area contributed by atoms with E-state index < -0.39 is 4.33 Å². The Hall–Kier alpha value is -0.920. The van der Waals surface area contributed by atoms with Crippen LogP contribution in [-0.2, 0) is 6.42 Å². The lowest BCUT2D eigenvalue weighted by atomic mass is 10.0. The quantitative estimate of drug-likeness (QED) is 0.669. The fourth-order valence-electron chi connectivity index (χ4n) is 2.05. The van der Waals surface area contributed by atoms with Crippen molar-refractivity contribution < 1.29 is 0 Å². The van der Waals surface area contributed by atoms with Crippen molar-refractivity contribution in [3.05, 3.63) is 41.6 Å². The average Bonchev–Trinajstić information content (AvgIpc) is 2.52. The normalized spacial score (nSPS) is 18.0. The van der Waals surface area contributed by atoms with Crippen LogP contribution in [0.2, 0.25) is 0 Å². The SMILES string of the molecule is ClC1(Cl)C=Cc2c([nH]c3ccccc23)C1. The van der Waals surface area contributed by atoms with Gasteiger partial charge >= 0.3 is 0 Å². The number of halogens is 2. The molecule has 1 aromatic heterocycles. The van der Waals surface area contributed by atoms with Crippen molar-refractivity contribution in [2.75, 3.05) is 0 Å². The van der Waals surface area contributed by atoms with Gasteiger partial charge in [0.1, 0.15) is 4.33 Å². The summed E-state index contributed by atoms with van der Waals surface area (Å²) in [5.74, 6) is 0. The van der Waals surface area contributed by atoms with Crippen LogP contribution < -0.4 is 0 Å². The van der Waals surface area contributed by atoms with Crippen LogP contribution in [0.15, 0.2) is 30.3 Å². The van der Waals surface area contributed by atoms with Gasteiger partial charge in [-0.3, -0.25) is 0 Å². The van der Waals surface area contributed by atoms with Crippen LogP contribution in [0.25, 0.3) is 17.0 Å². The first-order chi connectivity index (χ1) is 7.16. The number of nitrogens with one attached hydrogen (secondary N) is 1. The molecule has 0 unspecified atom stereocenters. The van der Waals surface area contributed by atoms with Gasteiger partial charge in [-0.2, -0.15) is 0 Å². The molecule has 1 aromatic carbocycles. The van der Waals surface area contributed by atoms with Gasteiger partial charge in [0.15, 0.2) is 0 Å². The van der Waals surface area contributed by atoms with Crippen LogP contribution in [0, 0.1) is 0 Å². The van der Waals surface area contributed by atoms with Crippen LogP contribution in [0.3, 0.4) is 0 Å². The molecule has 0 amide bonds. The molecule has 1 heterocycles. The minimum absolute atomic E-state index is 0.636. The molecule has 0 aliphatic heterocycles. The van der Waals surface area contributed by atoms with E-state index in [4.69, 9.17) is 23.2 Å². The number of aromatic amines is 1. The molecule has 1 aliphatic rings. The van der Waals surface area contributed by atoms with Crippen molar-refractivity contribution in [1.82, 2.24) is 4.98 Å². The lowest BCUT2D eigenvalue weighted by Gasteiger charge is -2.18. The molecule has 0 bridgehead atoms. The molecule has 1 aliphatic carbocycles. The highest BCUT2D eigenvalue weighted by atomic mass is 35.5. The van der Waals surface area contributed by atoms with E-state index in [0.717, 1.165) is 11.2 Å². The molecular formula is C12H9Cl2N. The Labute approximate surface area is 97.7 Å². The first-order valence-corrected chi connectivity index (χ1v) is 5.58. The van der Waals surface area contributed by atoms with Crippen molar-refractivity contribution in [2.24, 2.45) is 0 Å². The summed E-state index contributed by atoms with van der Waals surface area (Å²) in [6, 6.07) is 8.21. The van der Waals surface area contributed by atoms with Crippen molar-refractivity contribution in [1.29, 1.82) is 0 Å². The number of hydrogen-bond acceptors (Lipinski definition) is 0. The fraction of sp³-hybridized carbons (Fsp3) is 0.167. The predicted molar refractivity (Wildman–Crippen MR) is 65.5 cm³/mol. The van der Waals surface area contributed by atoms with E-state index >= 15 is 0 Å². The molecule has 0 saturated carbocycles. The largest absolute Gasteiger partial charge is 0.358 e. The van der Waals surface area contributed by atoms with Gasteiger partial charge in [0.25, 0.3) is 0 Å². The maximum Gasteiger partial charge on any atom is 0.142 e. The molecule has 2 aromatic rings. The molecule has 3 rings (SSSR count). The number of benzene rings is 1. The van der Waals surface area contributed by atoms with E-state index in [9.17, 15) is 0 Å². The third-order valence-corrected chi connectivity index (χ3v) is 3.25. The number of rotatable bonds is 0. The van der Waals surface area contributed by atoms with E-state index in [1.54, 1.807) is 0 Å². The predicted octanol–water partition coefficient (Wildman–Crippen LogP) is 3.91. The van der Waals surface area contributed by atoms with Gasteiger partial charge in [0.2, 0.25) is 0 Å².